The van der Waals surface area contributed by atoms with Crippen molar-refractivity contribution in [1.29, 1.82) is 0 Å². The molecule has 2 heterocycles. The first-order chi connectivity index (χ1) is 11.7. The molecule has 0 saturated heterocycles. The van der Waals surface area contributed by atoms with E-state index in [1.807, 2.05) is 29.6 Å². The van der Waals surface area contributed by atoms with Gasteiger partial charge >= 0.3 is 0 Å². The van der Waals surface area contributed by atoms with Gasteiger partial charge in [-0.15, -0.1) is 22.7 Å². The van der Waals surface area contributed by atoms with Gasteiger partial charge in [0.2, 0.25) is 0 Å². The molecule has 1 aliphatic carbocycles. The van der Waals surface area contributed by atoms with Crippen LogP contribution in [0.3, 0.4) is 0 Å². The number of anilines is 1. The summed E-state index contributed by atoms with van der Waals surface area (Å²) in [5.74, 6) is 0.523. The van der Waals surface area contributed by atoms with Crippen molar-refractivity contribution < 1.29 is 4.79 Å². The minimum Gasteiger partial charge on any atom is -0.297 e. The number of benzene rings is 1. The van der Waals surface area contributed by atoms with Crippen molar-refractivity contribution in [3.63, 3.8) is 0 Å². The Hall–Kier alpha value is -1.69. The lowest BCUT2D eigenvalue weighted by molar-refractivity contribution is 0.102. The largest absolute Gasteiger partial charge is 0.297 e. The molecule has 1 saturated carbocycles. The second-order valence-electron chi connectivity index (χ2n) is 5.83. The Morgan fingerprint density at radius 2 is 2.12 bits per heavy atom. The van der Waals surface area contributed by atoms with Gasteiger partial charge in [0.1, 0.15) is 0 Å². The summed E-state index contributed by atoms with van der Waals surface area (Å²) in [6.07, 6.45) is 4.91. The maximum absolute atomic E-state index is 12.5. The number of carbonyl (C=O) groups excluding carboxylic acids is 1. The normalized spacial score (nSPS) is 13.9. The first kappa shape index (κ1) is 15.8. The van der Waals surface area contributed by atoms with Gasteiger partial charge in [0.05, 0.1) is 4.88 Å². The average molecular weight is 375 g/mol. The number of halogens is 1. The molecular formula is C18H15ClN2OS2. The van der Waals surface area contributed by atoms with E-state index in [1.54, 1.807) is 6.20 Å². The Kier molecular flexibility index (Phi) is 4.39. The minimum absolute atomic E-state index is 0.0504. The van der Waals surface area contributed by atoms with Crippen molar-refractivity contribution in [1.82, 2.24) is 4.98 Å². The lowest BCUT2D eigenvalue weighted by atomic mass is 10.1. The van der Waals surface area contributed by atoms with Gasteiger partial charge in [-0.1, -0.05) is 29.8 Å². The van der Waals surface area contributed by atoms with Crippen molar-refractivity contribution in [2.75, 3.05) is 5.32 Å². The second-order valence-corrected chi connectivity index (χ2v) is 8.27. The summed E-state index contributed by atoms with van der Waals surface area (Å²) in [5.41, 5.74) is 2.25. The van der Waals surface area contributed by atoms with Crippen LogP contribution in [0, 0.1) is 0 Å². The van der Waals surface area contributed by atoms with E-state index in [-0.39, 0.29) is 5.91 Å². The number of carbonyl (C=O) groups is 1. The van der Waals surface area contributed by atoms with Crippen LogP contribution < -0.4 is 5.32 Å². The van der Waals surface area contributed by atoms with Crippen molar-refractivity contribution >= 4 is 45.3 Å². The van der Waals surface area contributed by atoms with Gasteiger partial charge in [0.15, 0.2) is 5.13 Å². The number of thiazole rings is 1. The topological polar surface area (TPSA) is 42.0 Å². The van der Waals surface area contributed by atoms with Gasteiger partial charge in [-0.25, -0.2) is 4.98 Å². The van der Waals surface area contributed by atoms with Crippen molar-refractivity contribution in [2.45, 2.75) is 25.2 Å². The molecule has 24 heavy (non-hydrogen) atoms. The number of thiophene rings is 1. The molecule has 3 nitrogen and oxygen atoms in total. The molecule has 4 rings (SSSR count). The first-order valence-electron chi connectivity index (χ1n) is 7.77. The van der Waals surface area contributed by atoms with E-state index in [0.29, 0.717) is 11.0 Å². The predicted octanol–water partition coefficient (Wildman–Crippen LogP) is 5.58. The van der Waals surface area contributed by atoms with Crippen LogP contribution in [-0.2, 0) is 6.42 Å². The summed E-state index contributed by atoms with van der Waals surface area (Å²) in [7, 11) is 0. The Balaban J connectivity index is 1.46. The lowest BCUT2D eigenvalue weighted by Gasteiger charge is -2.02. The van der Waals surface area contributed by atoms with Gasteiger partial charge in [-0.2, -0.15) is 0 Å². The monoisotopic (exact) mass is 374 g/mol. The van der Waals surface area contributed by atoms with Crippen molar-refractivity contribution in [3.8, 4) is 0 Å². The zero-order chi connectivity index (χ0) is 16.5. The summed E-state index contributed by atoms with van der Waals surface area (Å²) in [5, 5.41) is 6.32. The molecule has 1 aliphatic rings. The fourth-order valence-corrected chi connectivity index (χ4v) is 4.56. The third-order valence-electron chi connectivity index (χ3n) is 4.02. The Morgan fingerprint density at radius 3 is 2.92 bits per heavy atom. The highest BCUT2D eigenvalue weighted by atomic mass is 35.5. The number of nitrogens with zero attached hydrogens (tertiary/aromatic N) is 1. The van der Waals surface area contributed by atoms with Crippen molar-refractivity contribution in [2.24, 2.45) is 0 Å². The van der Waals surface area contributed by atoms with Crippen LogP contribution in [0.25, 0.3) is 0 Å². The molecule has 0 unspecified atom stereocenters. The summed E-state index contributed by atoms with van der Waals surface area (Å²) >= 11 is 9.20. The zero-order valence-corrected chi connectivity index (χ0v) is 15.2. The van der Waals surface area contributed by atoms with E-state index in [1.165, 1.54) is 41.1 Å². The van der Waals surface area contributed by atoms with Crippen LogP contribution in [0.4, 0.5) is 5.13 Å². The molecule has 2 aromatic heterocycles. The molecule has 1 N–H and O–H groups in total. The summed E-state index contributed by atoms with van der Waals surface area (Å²) in [4.78, 5) is 18.7. The highest BCUT2D eigenvalue weighted by molar-refractivity contribution is 7.16. The maximum Gasteiger partial charge on any atom is 0.267 e. The molecule has 6 heteroatoms. The first-order valence-corrected chi connectivity index (χ1v) is 9.85. The fraction of sp³-hybridized carbons (Fsp3) is 0.222. The van der Waals surface area contributed by atoms with E-state index in [0.717, 1.165) is 26.8 Å². The molecule has 0 aliphatic heterocycles. The number of aromatic nitrogens is 1. The average Bonchev–Trinajstić information content (AvgIpc) is 3.13. The quantitative estimate of drug-likeness (QED) is 0.633. The van der Waals surface area contributed by atoms with Gasteiger partial charge < -0.3 is 0 Å². The molecule has 0 bridgehead atoms. The number of hydrogen-bond donors (Lipinski definition) is 1. The van der Waals surface area contributed by atoms with E-state index in [9.17, 15) is 4.79 Å². The van der Waals surface area contributed by atoms with E-state index < -0.39 is 0 Å². The number of nitrogens with one attached hydrogen (secondary N) is 1. The van der Waals surface area contributed by atoms with Crippen LogP contribution in [0.15, 0.2) is 41.9 Å². The Labute approximate surface area is 153 Å². The van der Waals surface area contributed by atoms with Gasteiger partial charge in [-0.3, -0.25) is 10.1 Å². The number of rotatable bonds is 5. The molecule has 0 atom stereocenters. The maximum atomic E-state index is 12.5. The third-order valence-corrected chi connectivity index (χ3v) is 6.23. The molecular weight excluding hydrogens is 360 g/mol. The summed E-state index contributed by atoms with van der Waals surface area (Å²) in [6, 6.07) is 9.86. The van der Waals surface area contributed by atoms with E-state index in [2.05, 4.69) is 16.4 Å². The highest BCUT2D eigenvalue weighted by Gasteiger charge is 2.29. The molecule has 3 aromatic rings. The van der Waals surface area contributed by atoms with Crippen LogP contribution in [0.2, 0.25) is 5.02 Å². The van der Waals surface area contributed by atoms with Gasteiger partial charge in [0.25, 0.3) is 5.91 Å². The molecule has 0 radical (unpaired) electrons. The lowest BCUT2D eigenvalue weighted by Crippen LogP contribution is -2.11. The van der Waals surface area contributed by atoms with E-state index >= 15 is 0 Å². The fourth-order valence-electron chi connectivity index (χ4n) is 2.65. The SMILES string of the molecule is O=C(Nc1ncc(Cc2ccccc2Cl)s1)c1sccc1C1CC1. The van der Waals surface area contributed by atoms with Gasteiger partial charge in [-0.05, 0) is 47.4 Å². The third kappa shape index (κ3) is 3.38. The van der Waals surface area contributed by atoms with Crippen LogP contribution >= 0.6 is 34.3 Å². The molecule has 1 aromatic carbocycles. The van der Waals surface area contributed by atoms with Crippen LogP contribution in [0.5, 0.6) is 0 Å². The second kappa shape index (κ2) is 6.67. The smallest absolute Gasteiger partial charge is 0.267 e. The standard InChI is InChI=1S/C18H15ClN2OS2/c19-15-4-2-1-3-12(15)9-13-10-20-18(24-13)21-17(22)16-14(7-8-23-16)11-5-6-11/h1-4,7-8,10-11H,5-6,9H2,(H,20,21,22). The minimum atomic E-state index is -0.0504. The molecule has 1 fully saturated rings. The zero-order valence-electron chi connectivity index (χ0n) is 12.8. The molecule has 122 valence electrons. The molecule has 0 spiro atoms. The van der Waals surface area contributed by atoms with Crippen LogP contribution in [0.1, 0.15) is 44.4 Å². The summed E-state index contributed by atoms with van der Waals surface area (Å²) in [6.45, 7) is 0. The van der Waals surface area contributed by atoms with Crippen molar-refractivity contribution in [3.05, 3.63) is 67.8 Å². The summed E-state index contributed by atoms with van der Waals surface area (Å²) < 4.78 is 0. The Bertz CT molecular complexity index is 883. The number of hydrogen-bond acceptors (Lipinski definition) is 4. The van der Waals surface area contributed by atoms with Gasteiger partial charge in [0, 0.05) is 22.5 Å². The molecule has 1 amide bonds. The highest BCUT2D eigenvalue weighted by Crippen LogP contribution is 2.43. The Morgan fingerprint density at radius 1 is 1.29 bits per heavy atom. The predicted molar refractivity (Wildman–Crippen MR) is 101 cm³/mol. The number of amides is 1. The van der Waals surface area contributed by atoms with E-state index in [4.69, 9.17) is 11.6 Å². The van der Waals surface area contributed by atoms with Crippen LogP contribution in [-0.4, -0.2) is 10.9 Å².